The Morgan fingerprint density at radius 3 is 2.00 bits per heavy atom. The van der Waals surface area contributed by atoms with Crippen LogP contribution in [0.4, 0.5) is 0 Å². The van der Waals surface area contributed by atoms with E-state index in [-0.39, 0.29) is 5.66 Å². The lowest BCUT2D eigenvalue weighted by Crippen LogP contribution is -2.04. The zero-order chi connectivity index (χ0) is 4.04. The van der Waals surface area contributed by atoms with Crippen molar-refractivity contribution in [3.05, 3.63) is 0 Å². The van der Waals surface area contributed by atoms with Crippen LogP contribution in [-0.2, 0) is 0 Å². The topological polar surface area (TPSA) is 24.7 Å². The van der Waals surface area contributed by atoms with Crippen LogP contribution in [0.15, 0.2) is 9.98 Å². The Kier molecular flexibility index (Phi) is 0.196. The summed E-state index contributed by atoms with van der Waals surface area (Å²) in [5.41, 5.74) is 0.111. The van der Waals surface area contributed by atoms with Crippen LogP contribution < -0.4 is 0 Å². The summed E-state index contributed by atoms with van der Waals surface area (Å²) >= 11 is 0. The van der Waals surface area contributed by atoms with Gasteiger partial charge in [0.25, 0.3) is 0 Å². The zero-order valence-electron chi connectivity index (χ0n) is 3.31. The van der Waals surface area contributed by atoms with E-state index in [0.29, 0.717) is 0 Å². The minimum atomic E-state index is 0.111. The highest BCUT2D eigenvalue weighted by molar-refractivity contribution is 5.52. The number of nitrogens with zero attached hydrogens (tertiary/aromatic N) is 2. The van der Waals surface area contributed by atoms with E-state index in [4.69, 9.17) is 0 Å². The van der Waals surface area contributed by atoms with Crippen LogP contribution in [0.2, 0.25) is 0 Å². The summed E-state index contributed by atoms with van der Waals surface area (Å²) in [7, 11) is 0. The van der Waals surface area contributed by atoms with Gasteiger partial charge in [-0.25, -0.2) is 0 Å². The van der Waals surface area contributed by atoms with E-state index in [1.165, 1.54) is 12.8 Å². The highest BCUT2D eigenvalue weighted by Gasteiger charge is 2.45. The van der Waals surface area contributed by atoms with Gasteiger partial charge in [-0.1, -0.05) is 0 Å². The van der Waals surface area contributed by atoms with Crippen molar-refractivity contribution in [1.29, 1.82) is 0 Å². The van der Waals surface area contributed by atoms with Gasteiger partial charge in [0, 0.05) is 0 Å². The molecule has 0 amide bonds. The maximum absolute atomic E-state index is 3.90. The standard InChI is InChI=1S/C4H4N2/c1-2-4(1)5-3-6-4/h1-2H2. The Balaban J connectivity index is 2.41. The molecule has 0 radical (unpaired) electrons. The maximum atomic E-state index is 3.90. The van der Waals surface area contributed by atoms with Crippen molar-refractivity contribution in [3.8, 4) is 0 Å². The Bertz CT molecular complexity index is 128. The average Bonchev–Trinajstić information content (AvgIpc) is 2.02. The third-order valence-corrected chi connectivity index (χ3v) is 1.21. The van der Waals surface area contributed by atoms with Gasteiger partial charge in [-0.15, -0.1) is 0 Å². The summed E-state index contributed by atoms with van der Waals surface area (Å²) in [6.07, 6.45) is 2.33. The monoisotopic (exact) mass is 80.0 g/mol. The molecule has 1 aliphatic heterocycles. The molecular formula is C4H4N2. The molecule has 2 heteroatoms. The molecule has 0 atom stereocenters. The van der Waals surface area contributed by atoms with E-state index in [0.717, 1.165) is 0 Å². The molecule has 6 heavy (non-hydrogen) atoms. The molecule has 30 valence electrons. The molecule has 0 N–H and O–H groups in total. The molecule has 2 rings (SSSR count). The predicted octanol–water partition coefficient (Wildman–Crippen LogP) is 0.664. The molecule has 0 aromatic heterocycles. The molecule has 1 spiro atoms. The summed E-state index contributed by atoms with van der Waals surface area (Å²) in [5, 5.41) is 0. The van der Waals surface area contributed by atoms with Crippen molar-refractivity contribution in [2.45, 2.75) is 18.5 Å². The van der Waals surface area contributed by atoms with Crippen LogP contribution in [0.1, 0.15) is 12.8 Å². The van der Waals surface area contributed by atoms with E-state index < -0.39 is 0 Å². The lowest BCUT2D eigenvalue weighted by Gasteiger charge is -2.00. The fourth-order valence-electron chi connectivity index (χ4n) is 0.527. The molecule has 1 aliphatic carbocycles. The summed E-state index contributed by atoms with van der Waals surface area (Å²) in [6.45, 7) is 0. The number of hydrogen-bond donors (Lipinski definition) is 0. The van der Waals surface area contributed by atoms with E-state index >= 15 is 0 Å². The zero-order valence-corrected chi connectivity index (χ0v) is 3.31. The molecule has 0 saturated heterocycles. The third-order valence-electron chi connectivity index (χ3n) is 1.21. The van der Waals surface area contributed by atoms with Gasteiger partial charge >= 0.3 is 0 Å². The quantitative estimate of drug-likeness (QED) is 0.408. The number of hydrogen-bond acceptors (Lipinski definition) is 2. The van der Waals surface area contributed by atoms with Crippen molar-refractivity contribution in [2.24, 2.45) is 9.98 Å². The Morgan fingerprint density at radius 1 is 1.33 bits per heavy atom. The molecular weight excluding hydrogens is 76.1 g/mol. The van der Waals surface area contributed by atoms with Crippen LogP contribution in [0.3, 0.4) is 0 Å². The lowest BCUT2D eigenvalue weighted by molar-refractivity contribution is 0.692. The minimum Gasteiger partial charge on any atom is -0.194 e. The van der Waals surface area contributed by atoms with Gasteiger partial charge in [0.05, 0.1) is 6.01 Å². The smallest absolute Gasteiger partial charge is 0.171 e. The number of rotatable bonds is 0. The normalized spacial score (nSPS) is 30.7. The highest BCUT2D eigenvalue weighted by atomic mass is 15.2. The van der Waals surface area contributed by atoms with Crippen molar-refractivity contribution in [2.75, 3.05) is 0 Å². The van der Waals surface area contributed by atoms with Crippen molar-refractivity contribution in [3.63, 3.8) is 0 Å². The lowest BCUT2D eigenvalue weighted by atomic mass is 10.5. The Hall–Kier alpha value is -0.620. The van der Waals surface area contributed by atoms with Gasteiger partial charge in [0.15, 0.2) is 5.66 Å². The molecule has 1 saturated carbocycles. The Labute approximate surface area is 35.6 Å². The van der Waals surface area contributed by atoms with Crippen molar-refractivity contribution in [1.82, 2.24) is 0 Å². The summed E-state index contributed by atoms with van der Waals surface area (Å²) < 4.78 is 0. The summed E-state index contributed by atoms with van der Waals surface area (Å²) in [5.74, 6) is 0. The Morgan fingerprint density at radius 2 is 2.00 bits per heavy atom. The van der Waals surface area contributed by atoms with Gasteiger partial charge in [-0.2, -0.15) is 9.98 Å². The predicted molar refractivity (Wildman–Crippen MR) is 21.8 cm³/mol. The molecule has 0 unspecified atom stereocenters. The van der Waals surface area contributed by atoms with Gasteiger partial charge in [-0.05, 0) is 12.8 Å². The largest absolute Gasteiger partial charge is 0.194 e. The van der Waals surface area contributed by atoms with Gasteiger partial charge < -0.3 is 0 Å². The summed E-state index contributed by atoms with van der Waals surface area (Å²) in [6, 6.07) is 2.51. The van der Waals surface area contributed by atoms with Crippen LogP contribution >= 0.6 is 0 Å². The maximum Gasteiger partial charge on any atom is 0.171 e. The molecule has 0 aromatic rings. The van der Waals surface area contributed by atoms with E-state index in [1.807, 2.05) is 0 Å². The van der Waals surface area contributed by atoms with Crippen molar-refractivity contribution >= 4 is 6.01 Å². The number of aliphatic imine (C=N–C) groups is 2. The molecule has 2 aliphatic rings. The molecule has 1 heterocycles. The average molecular weight is 80.1 g/mol. The van der Waals surface area contributed by atoms with Crippen LogP contribution in [0.5, 0.6) is 0 Å². The van der Waals surface area contributed by atoms with Gasteiger partial charge in [0.2, 0.25) is 0 Å². The molecule has 0 aromatic carbocycles. The van der Waals surface area contributed by atoms with Crippen LogP contribution in [0, 0.1) is 0 Å². The second-order valence-electron chi connectivity index (χ2n) is 1.81. The van der Waals surface area contributed by atoms with Gasteiger partial charge in [-0.3, -0.25) is 0 Å². The fraction of sp³-hybridized carbons (Fsp3) is 0.750. The van der Waals surface area contributed by atoms with Crippen LogP contribution in [-0.4, -0.2) is 11.7 Å². The first-order chi connectivity index (χ1) is 2.91. The first-order valence-corrected chi connectivity index (χ1v) is 2.10. The molecule has 1 fully saturated rings. The molecule has 2 nitrogen and oxygen atoms in total. The van der Waals surface area contributed by atoms with Gasteiger partial charge in [0.1, 0.15) is 0 Å². The third kappa shape index (κ3) is 0.125. The first-order valence-electron chi connectivity index (χ1n) is 2.10. The first kappa shape index (κ1) is 2.54. The fourth-order valence-corrected chi connectivity index (χ4v) is 0.527. The molecule has 0 bridgehead atoms. The van der Waals surface area contributed by atoms with Crippen LogP contribution in [0.25, 0.3) is 0 Å². The second kappa shape index (κ2) is 0.464. The van der Waals surface area contributed by atoms with E-state index in [9.17, 15) is 0 Å². The van der Waals surface area contributed by atoms with E-state index in [1.54, 1.807) is 0 Å². The summed E-state index contributed by atoms with van der Waals surface area (Å²) in [4.78, 5) is 7.79. The SMILES string of the molecule is C1=NC2(CC2)N=1. The second-order valence-corrected chi connectivity index (χ2v) is 1.81. The highest BCUT2D eigenvalue weighted by Crippen LogP contribution is 2.43. The van der Waals surface area contributed by atoms with E-state index in [2.05, 4.69) is 16.0 Å². The minimum absolute atomic E-state index is 0.111. The van der Waals surface area contributed by atoms with Crippen molar-refractivity contribution < 1.29 is 0 Å².